The van der Waals surface area contributed by atoms with Gasteiger partial charge < -0.3 is 10.7 Å². The molecule has 1 heterocycles. The van der Waals surface area contributed by atoms with Crippen LogP contribution in [-0.4, -0.2) is 28.4 Å². The Morgan fingerprint density at radius 2 is 2.16 bits per heavy atom. The zero-order valence-corrected chi connectivity index (χ0v) is 11.1. The van der Waals surface area contributed by atoms with Crippen molar-refractivity contribution in [3.05, 3.63) is 23.8 Å². The summed E-state index contributed by atoms with van der Waals surface area (Å²) in [4.78, 5) is 7.25. The molecule has 19 heavy (non-hydrogen) atoms. The largest absolute Gasteiger partial charge is 0.393 e. The number of nitrogens with two attached hydrogens (primary N) is 1. The number of aryl methyl sites for hydroxylation is 1. The van der Waals surface area contributed by atoms with Gasteiger partial charge in [-0.05, 0) is 24.6 Å². The second kappa shape index (κ2) is 5.42. The van der Waals surface area contributed by atoms with Crippen molar-refractivity contribution in [2.24, 2.45) is 11.7 Å². The first-order chi connectivity index (χ1) is 8.90. The van der Waals surface area contributed by atoms with E-state index in [0.717, 1.165) is 28.4 Å². The highest BCUT2D eigenvalue weighted by atomic mass is 32.2. The highest BCUT2D eigenvalue weighted by molar-refractivity contribution is 7.99. The molecule has 1 unspecified atom stereocenters. The highest BCUT2D eigenvalue weighted by Crippen LogP contribution is 2.30. The number of hydrogen-bond acceptors (Lipinski definition) is 3. The quantitative estimate of drug-likeness (QED) is 0.850. The number of halogens is 3. The van der Waals surface area contributed by atoms with Gasteiger partial charge in [-0.3, -0.25) is 0 Å². The van der Waals surface area contributed by atoms with E-state index in [-0.39, 0.29) is 5.75 Å². The third-order valence-corrected chi connectivity index (χ3v) is 3.82. The number of imidazole rings is 1. The van der Waals surface area contributed by atoms with Gasteiger partial charge in [0, 0.05) is 12.3 Å². The van der Waals surface area contributed by atoms with Crippen LogP contribution < -0.4 is 5.73 Å². The van der Waals surface area contributed by atoms with Crippen molar-refractivity contribution >= 4 is 22.8 Å². The maximum absolute atomic E-state index is 12.6. The summed E-state index contributed by atoms with van der Waals surface area (Å²) >= 11 is 1.04. The average molecular weight is 289 g/mol. The summed E-state index contributed by atoms with van der Waals surface area (Å²) in [6.07, 6.45) is -4.26. The molecule has 7 heteroatoms. The first kappa shape index (κ1) is 14.2. The van der Waals surface area contributed by atoms with Gasteiger partial charge in [-0.25, -0.2) is 4.98 Å². The van der Waals surface area contributed by atoms with Crippen molar-refractivity contribution in [1.29, 1.82) is 0 Å². The number of nitrogens with zero attached hydrogens (tertiary/aromatic N) is 1. The topological polar surface area (TPSA) is 54.7 Å². The lowest BCUT2D eigenvalue weighted by Gasteiger charge is -2.16. The van der Waals surface area contributed by atoms with Gasteiger partial charge >= 0.3 is 6.18 Å². The first-order valence-corrected chi connectivity index (χ1v) is 6.74. The first-order valence-electron chi connectivity index (χ1n) is 5.76. The molecule has 1 aromatic heterocycles. The van der Waals surface area contributed by atoms with E-state index in [1.807, 2.05) is 25.1 Å². The highest BCUT2D eigenvalue weighted by Gasteiger charge is 2.38. The maximum Gasteiger partial charge on any atom is 0.393 e. The fourth-order valence-electron chi connectivity index (χ4n) is 1.64. The van der Waals surface area contributed by atoms with E-state index in [2.05, 4.69) is 9.97 Å². The molecule has 2 aromatic rings. The molecule has 0 fully saturated rings. The van der Waals surface area contributed by atoms with Crippen LogP contribution in [0.2, 0.25) is 0 Å². The Labute approximate surface area is 112 Å². The molecule has 0 spiro atoms. The number of fused-ring (bicyclic) bond motifs is 1. The molecule has 0 radical (unpaired) electrons. The van der Waals surface area contributed by atoms with E-state index >= 15 is 0 Å². The summed E-state index contributed by atoms with van der Waals surface area (Å²) in [6, 6.07) is 5.67. The van der Waals surface area contributed by atoms with Crippen LogP contribution in [0.25, 0.3) is 11.0 Å². The van der Waals surface area contributed by atoms with Crippen LogP contribution in [0, 0.1) is 12.8 Å². The van der Waals surface area contributed by atoms with Gasteiger partial charge in [0.05, 0.1) is 17.0 Å². The summed E-state index contributed by atoms with van der Waals surface area (Å²) in [6.45, 7) is 1.54. The summed E-state index contributed by atoms with van der Waals surface area (Å²) < 4.78 is 37.7. The molecule has 1 atom stereocenters. The molecule has 0 bridgehead atoms. The van der Waals surface area contributed by atoms with E-state index < -0.39 is 18.6 Å². The fraction of sp³-hybridized carbons (Fsp3) is 0.417. The number of aromatic amines is 1. The molecule has 0 aliphatic carbocycles. The Balaban J connectivity index is 2.09. The molecule has 1 aromatic carbocycles. The van der Waals surface area contributed by atoms with Gasteiger partial charge in [0.1, 0.15) is 0 Å². The number of benzene rings is 1. The molecule has 104 valence electrons. The van der Waals surface area contributed by atoms with E-state index in [0.29, 0.717) is 5.16 Å². The average Bonchev–Trinajstić information content (AvgIpc) is 2.69. The predicted octanol–water partition coefficient (Wildman–Crippen LogP) is 3.10. The third kappa shape index (κ3) is 3.42. The zero-order valence-electron chi connectivity index (χ0n) is 10.3. The minimum atomic E-state index is -4.26. The fourth-order valence-corrected chi connectivity index (χ4v) is 2.67. The summed E-state index contributed by atoms with van der Waals surface area (Å²) in [7, 11) is 0. The number of aromatic nitrogens is 2. The van der Waals surface area contributed by atoms with Crippen molar-refractivity contribution in [2.45, 2.75) is 18.3 Å². The molecule has 0 saturated heterocycles. The zero-order chi connectivity index (χ0) is 14.0. The molecule has 0 aliphatic rings. The Morgan fingerprint density at radius 3 is 2.79 bits per heavy atom. The molecule has 2 rings (SSSR count). The number of hydrogen-bond donors (Lipinski definition) is 2. The lowest BCUT2D eigenvalue weighted by atomic mass is 10.2. The predicted molar refractivity (Wildman–Crippen MR) is 70.2 cm³/mol. The lowest BCUT2D eigenvalue weighted by molar-refractivity contribution is -0.165. The molecule has 3 N–H and O–H groups in total. The minimum Gasteiger partial charge on any atom is -0.333 e. The van der Waals surface area contributed by atoms with Crippen LogP contribution >= 0.6 is 11.8 Å². The molecule has 3 nitrogen and oxygen atoms in total. The second-order valence-electron chi connectivity index (χ2n) is 4.35. The van der Waals surface area contributed by atoms with Gasteiger partial charge in [-0.1, -0.05) is 17.8 Å². The van der Waals surface area contributed by atoms with Crippen LogP contribution in [0.15, 0.2) is 23.4 Å². The summed E-state index contributed by atoms with van der Waals surface area (Å²) in [5, 5.41) is 0.489. The van der Waals surface area contributed by atoms with Crippen molar-refractivity contribution in [2.75, 3.05) is 12.3 Å². The van der Waals surface area contributed by atoms with E-state index in [9.17, 15) is 13.2 Å². The lowest BCUT2D eigenvalue weighted by Crippen LogP contribution is -2.32. The molecule has 0 aliphatic heterocycles. The molecular formula is C12H14F3N3S. The smallest absolute Gasteiger partial charge is 0.333 e. The standard InChI is InChI=1S/C12H14F3N3S/c1-7-2-3-9-10(4-7)18-11(17-9)19-6-8(5-16)12(13,14)15/h2-4,8H,5-6,16H2,1H3,(H,17,18). The number of rotatable bonds is 4. The maximum atomic E-state index is 12.6. The van der Waals surface area contributed by atoms with E-state index in [1.165, 1.54) is 0 Å². The Morgan fingerprint density at radius 1 is 1.42 bits per heavy atom. The SMILES string of the molecule is Cc1ccc2nc(SCC(CN)C(F)(F)F)[nH]c2c1. The normalized spacial score (nSPS) is 13.9. The van der Waals surface area contributed by atoms with Gasteiger partial charge in [0.25, 0.3) is 0 Å². The third-order valence-electron chi connectivity index (χ3n) is 2.78. The second-order valence-corrected chi connectivity index (χ2v) is 5.36. The number of H-pyrrole nitrogens is 1. The Kier molecular flexibility index (Phi) is 4.05. The van der Waals surface area contributed by atoms with Crippen molar-refractivity contribution in [3.8, 4) is 0 Å². The van der Waals surface area contributed by atoms with Crippen molar-refractivity contribution < 1.29 is 13.2 Å². The van der Waals surface area contributed by atoms with Gasteiger partial charge in [0.15, 0.2) is 5.16 Å². The van der Waals surface area contributed by atoms with Crippen LogP contribution in [0.3, 0.4) is 0 Å². The molecular weight excluding hydrogens is 275 g/mol. The van der Waals surface area contributed by atoms with E-state index in [4.69, 9.17) is 5.73 Å². The van der Waals surface area contributed by atoms with Gasteiger partial charge in [-0.15, -0.1) is 0 Å². The Bertz CT molecular complexity index is 565. The van der Waals surface area contributed by atoms with Crippen LogP contribution in [-0.2, 0) is 0 Å². The van der Waals surface area contributed by atoms with Crippen LogP contribution in [0.5, 0.6) is 0 Å². The van der Waals surface area contributed by atoms with Crippen molar-refractivity contribution in [3.63, 3.8) is 0 Å². The van der Waals surface area contributed by atoms with E-state index in [1.54, 1.807) is 0 Å². The number of nitrogens with one attached hydrogen (secondary N) is 1. The molecule has 0 amide bonds. The van der Waals surface area contributed by atoms with Gasteiger partial charge in [-0.2, -0.15) is 13.2 Å². The number of thioether (sulfide) groups is 1. The molecule has 0 saturated carbocycles. The van der Waals surface area contributed by atoms with Crippen LogP contribution in [0.4, 0.5) is 13.2 Å². The summed E-state index contributed by atoms with van der Waals surface area (Å²) in [5.41, 5.74) is 7.81. The van der Waals surface area contributed by atoms with Gasteiger partial charge in [0.2, 0.25) is 0 Å². The van der Waals surface area contributed by atoms with Crippen molar-refractivity contribution in [1.82, 2.24) is 9.97 Å². The monoisotopic (exact) mass is 289 g/mol. The summed E-state index contributed by atoms with van der Waals surface area (Å²) in [5.74, 6) is -1.63. The van der Waals surface area contributed by atoms with Crippen LogP contribution in [0.1, 0.15) is 5.56 Å². The Hall–Kier alpha value is -1.21. The number of alkyl halides is 3. The minimum absolute atomic E-state index is 0.126.